The molecule has 0 aliphatic heterocycles. The maximum absolute atomic E-state index is 13.9. The van der Waals surface area contributed by atoms with Crippen molar-refractivity contribution in [3.05, 3.63) is 39.2 Å². The number of anilines is 1. The molecule has 3 nitrogen and oxygen atoms in total. The number of esters is 1. The molecule has 2 N–H and O–H groups in total. The van der Waals surface area contributed by atoms with Crippen molar-refractivity contribution in [2.75, 3.05) is 12.3 Å². The summed E-state index contributed by atoms with van der Waals surface area (Å²) in [5, 5.41) is 0. The fourth-order valence-electron chi connectivity index (χ4n) is 1.66. The number of halogens is 3. The predicted octanol–water partition coefficient (Wildman–Crippen LogP) is 4.21. The Labute approximate surface area is 126 Å². The third-order valence-corrected chi connectivity index (χ3v) is 4.08. The van der Waals surface area contributed by atoms with Gasteiger partial charge in [-0.15, -0.1) is 11.3 Å². The van der Waals surface area contributed by atoms with Crippen LogP contribution in [0, 0.1) is 11.6 Å². The van der Waals surface area contributed by atoms with Gasteiger partial charge in [-0.2, -0.15) is 0 Å². The summed E-state index contributed by atoms with van der Waals surface area (Å²) in [6, 6.07) is 3.67. The first-order valence-corrected chi connectivity index (χ1v) is 7.26. The number of carbonyl (C=O) groups is 1. The van der Waals surface area contributed by atoms with E-state index < -0.39 is 17.6 Å². The van der Waals surface area contributed by atoms with E-state index in [1.807, 2.05) is 0 Å². The highest BCUT2D eigenvalue weighted by Crippen LogP contribution is 2.37. The number of benzene rings is 1. The Morgan fingerprint density at radius 2 is 1.95 bits per heavy atom. The normalized spacial score (nSPS) is 10.6. The third kappa shape index (κ3) is 2.83. The SMILES string of the molecule is CCOC(=O)c1sc(-c2c(F)cc(Br)cc2F)cc1N. The van der Waals surface area contributed by atoms with Gasteiger partial charge in [0.25, 0.3) is 0 Å². The number of hydrogen-bond acceptors (Lipinski definition) is 4. The summed E-state index contributed by atoms with van der Waals surface area (Å²) in [7, 11) is 0. The Hall–Kier alpha value is -1.47. The van der Waals surface area contributed by atoms with E-state index in [0.29, 0.717) is 4.47 Å². The first kappa shape index (κ1) is 14.9. The van der Waals surface area contributed by atoms with Crippen LogP contribution < -0.4 is 5.73 Å². The number of rotatable bonds is 3. The molecule has 1 aromatic carbocycles. The average Bonchev–Trinajstić information content (AvgIpc) is 2.70. The summed E-state index contributed by atoms with van der Waals surface area (Å²) in [6.07, 6.45) is 0. The van der Waals surface area contributed by atoms with Crippen LogP contribution in [0.4, 0.5) is 14.5 Å². The second-order valence-corrected chi connectivity index (χ2v) is 5.83. The minimum absolute atomic E-state index is 0.142. The Bertz CT molecular complexity index is 649. The number of nitrogen functional groups attached to an aromatic ring is 1. The summed E-state index contributed by atoms with van der Waals surface area (Å²) >= 11 is 3.91. The van der Waals surface area contributed by atoms with Crippen LogP contribution in [0.25, 0.3) is 10.4 Å². The standard InChI is InChI=1S/C13H10BrF2NO2S/c1-2-19-13(18)12-9(17)5-10(20-12)11-7(15)3-6(14)4-8(11)16/h3-5H,2,17H2,1H3. The van der Waals surface area contributed by atoms with Crippen LogP contribution in [0.5, 0.6) is 0 Å². The average molecular weight is 362 g/mol. The van der Waals surface area contributed by atoms with Crippen LogP contribution in [0.1, 0.15) is 16.6 Å². The molecule has 0 spiro atoms. The zero-order valence-electron chi connectivity index (χ0n) is 10.4. The molecule has 0 aliphatic rings. The zero-order valence-corrected chi connectivity index (χ0v) is 12.8. The van der Waals surface area contributed by atoms with Gasteiger partial charge in [-0.05, 0) is 25.1 Å². The maximum atomic E-state index is 13.9. The van der Waals surface area contributed by atoms with Gasteiger partial charge >= 0.3 is 5.97 Å². The number of carbonyl (C=O) groups excluding carboxylic acids is 1. The first-order valence-electron chi connectivity index (χ1n) is 5.65. The van der Waals surface area contributed by atoms with Crippen LogP contribution in [-0.4, -0.2) is 12.6 Å². The largest absolute Gasteiger partial charge is 0.462 e. The Kier molecular flexibility index (Phi) is 4.39. The van der Waals surface area contributed by atoms with E-state index >= 15 is 0 Å². The van der Waals surface area contributed by atoms with Crippen molar-refractivity contribution in [3.8, 4) is 10.4 Å². The van der Waals surface area contributed by atoms with Crippen molar-refractivity contribution in [1.29, 1.82) is 0 Å². The molecule has 0 fully saturated rings. The van der Waals surface area contributed by atoms with Gasteiger partial charge in [-0.1, -0.05) is 15.9 Å². The Morgan fingerprint density at radius 1 is 1.35 bits per heavy atom. The minimum atomic E-state index is -0.728. The monoisotopic (exact) mass is 361 g/mol. The van der Waals surface area contributed by atoms with Crippen molar-refractivity contribution < 1.29 is 18.3 Å². The Balaban J connectivity index is 2.50. The van der Waals surface area contributed by atoms with Crippen molar-refractivity contribution in [2.45, 2.75) is 6.92 Å². The summed E-state index contributed by atoms with van der Waals surface area (Å²) < 4.78 is 32.9. The van der Waals surface area contributed by atoms with Gasteiger partial charge in [0.05, 0.1) is 17.9 Å². The van der Waals surface area contributed by atoms with Crippen LogP contribution >= 0.6 is 27.3 Å². The highest BCUT2D eigenvalue weighted by Gasteiger charge is 2.20. The number of ether oxygens (including phenoxy) is 1. The fourth-order valence-corrected chi connectivity index (χ4v) is 3.09. The van der Waals surface area contributed by atoms with Crippen molar-refractivity contribution >= 4 is 38.9 Å². The molecule has 106 valence electrons. The molecule has 0 saturated heterocycles. The maximum Gasteiger partial charge on any atom is 0.350 e. The van der Waals surface area contributed by atoms with E-state index in [4.69, 9.17) is 10.5 Å². The summed E-state index contributed by atoms with van der Waals surface area (Å²) in [4.78, 5) is 12.0. The topological polar surface area (TPSA) is 52.3 Å². The van der Waals surface area contributed by atoms with Crippen molar-refractivity contribution in [2.24, 2.45) is 0 Å². The molecule has 2 rings (SSSR count). The first-order chi connectivity index (χ1) is 9.43. The molecule has 20 heavy (non-hydrogen) atoms. The molecular weight excluding hydrogens is 352 g/mol. The minimum Gasteiger partial charge on any atom is -0.462 e. The fraction of sp³-hybridized carbons (Fsp3) is 0.154. The highest BCUT2D eigenvalue weighted by atomic mass is 79.9. The van der Waals surface area contributed by atoms with Crippen LogP contribution in [0.15, 0.2) is 22.7 Å². The molecule has 0 amide bonds. The zero-order chi connectivity index (χ0) is 14.9. The molecular formula is C13H10BrF2NO2S. The second kappa shape index (κ2) is 5.88. The second-order valence-electron chi connectivity index (χ2n) is 3.86. The van der Waals surface area contributed by atoms with Crippen LogP contribution in [-0.2, 0) is 4.74 Å². The van der Waals surface area contributed by atoms with E-state index in [-0.39, 0.29) is 27.6 Å². The van der Waals surface area contributed by atoms with E-state index in [2.05, 4.69) is 15.9 Å². The molecule has 0 unspecified atom stereocenters. The van der Waals surface area contributed by atoms with Crippen molar-refractivity contribution in [3.63, 3.8) is 0 Å². The van der Waals surface area contributed by atoms with Gasteiger partial charge in [0.2, 0.25) is 0 Å². The van der Waals surface area contributed by atoms with Gasteiger partial charge in [0.15, 0.2) is 0 Å². The summed E-state index contributed by atoms with van der Waals surface area (Å²) in [5.74, 6) is -2.05. The smallest absolute Gasteiger partial charge is 0.350 e. The van der Waals surface area contributed by atoms with E-state index in [0.717, 1.165) is 23.5 Å². The summed E-state index contributed by atoms with van der Waals surface area (Å²) in [6.45, 7) is 1.86. The molecule has 0 radical (unpaired) electrons. The van der Waals surface area contributed by atoms with Gasteiger partial charge in [0.1, 0.15) is 16.5 Å². The van der Waals surface area contributed by atoms with E-state index in [9.17, 15) is 13.6 Å². The summed E-state index contributed by atoms with van der Waals surface area (Å²) in [5.41, 5.74) is 5.63. The van der Waals surface area contributed by atoms with Gasteiger partial charge in [-0.25, -0.2) is 13.6 Å². The molecule has 2 aromatic rings. The lowest BCUT2D eigenvalue weighted by atomic mass is 10.1. The molecule has 1 aromatic heterocycles. The molecule has 1 heterocycles. The molecule has 7 heteroatoms. The highest BCUT2D eigenvalue weighted by molar-refractivity contribution is 9.10. The third-order valence-electron chi connectivity index (χ3n) is 2.47. The van der Waals surface area contributed by atoms with Gasteiger partial charge < -0.3 is 10.5 Å². The quantitative estimate of drug-likeness (QED) is 0.832. The lowest BCUT2D eigenvalue weighted by Gasteiger charge is -2.03. The van der Waals surface area contributed by atoms with Gasteiger partial charge in [0, 0.05) is 9.35 Å². The molecule has 0 aliphatic carbocycles. The van der Waals surface area contributed by atoms with Crippen LogP contribution in [0.2, 0.25) is 0 Å². The molecule has 0 atom stereocenters. The lowest BCUT2D eigenvalue weighted by Crippen LogP contribution is -2.04. The number of thiophene rings is 1. The predicted molar refractivity (Wildman–Crippen MR) is 77.7 cm³/mol. The van der Waals surface area contributed by atoms with Gasteiger partial charge in [-0.3, -0.25) is 0 Å². The number of nitrogens with two attached hydrogens (primary N) is 1. The lowest BCUT2D eigenvalue weighted by molar-refractivity contribution is 0.0533. The van der Waals surface area contributed by atoms with E-state index in [1.54, 1.807) is 6.92 Å². The van der Waals surface area contributed by atoms with Crippen molar-refractivity contribution in [1.82, 2.24) is 0 Å². The van der Waals surface area contributed by atoms with Crippen LogP contribution in [0.3, 0.4) is 0 Å². The molecule has 0 saturated carbocycles. The van der Waals surface area contributed by atoms with E-state index in [1.165, 1.54) is 6.07 Å². The number of hydrogen-bond donors (Lipinski definition) is 1. The Morgan fingerprint density at radius 3 is 2.50 bits per heavy atom. The molecule has 0 bridgehead atoms.